The van der Waals surface area contributed by atoms with Gasteiger partial charge in [-0.2, -0.15) is 0 Å². The van der Waals surface area contributed by atoms with Crippen molar-refractivity contribution < 1.29 is 9.18 Å². The molecule has 0 radical (unpaired) electrons. The number of anilines is 2. The Balaban J connectivity index is 1.37. The first-order valence-electron chi connectivity index (χ1n) is 11.4. The van der Waals surface area contributed by atoms with Crippen LogP contribution < -0.4 is 14.9 Å². The van der Waals surface area contributed by atoms with Gasteiger partial charge in [0.2, 0.25) is 5.91 Å². The van der Waals surface area contributed by atoms with Gasteiger partial charge in [-0.25, -0.2) is 4.39 Å². The van der Waals surface area contributed by atoms with Crippen molar-refractivity contribution in [1.82, 2.24) is 0 Å². The Labute approximate surface area is 209 Å². The molecule has 0 saturated carbocycles. The van der Waals surface area contributed by atoms with E-state index in [1.165, 1.54) is 6.07 Å². The molecule has 0 aromatic heterocycles. The first-order chi connectivity index (χ1) is 16.2. The summed E-state index contributed by atoms with van der Waals surface area (Å²) in [6.07, 6.45) is 0.647. The van der Waals surface area contributed by atoms with Crippen LogP contribution in [-0.4, -0.2) is 24.0 Å². The van der Waals surface area contributed by atoms with Crippen LogP contribution in [0.2, 0.25) is 5.02 Å². The molecule has 34 heavy (non-hydrogen) atoms. The fourth-order valence-corrected chi connectivity index (χ4v) is 5.86. The molecule has 0 bridgehead atoms. The third-order valence-electron chi connectivity index (χ3n) is 7.29. The van der Waals surface area contributed by atoms with E-state index in [-0.39, 0.29) is 29.2 Å². The Hall–Kier alpha value is -2.54. The number of fused-ring (bicyclic) bond motifs is 1. The van der Waals surface area contributed by atoms with Crippen molar-refractivity contribution in [3.05, 3.63) is 77.1 Å². The van der Waals surface area contributed by atoms with Crippen LogP contribution in [0.1, 0.15) is 26.3 Å². The number of nitrogens with zero attached hydrogens (tertiary/aromatic N) is 2. The predicted molar refractivity (Wildman–Crippen MR) is 139 cm³/mol. The zero-order valence-electron chi connectivity index (χ0n) is 19.4. The molecule has 5 rings (SSSR count). The molecule has 0 spiro atoms. The summed E-state index contributed by atoms with van der Waals surface area (Å²) in [5.41, 5.74) is 4.43. The van der Waals surface area contributed by atoms with Crippen molar-refractivity contribution in [1.29, 1.82) is 0 Å². The van der Waals surface area contributed by atoms with Gasteiger partial charge in [-0.15, -0.1) is 0 Å². The molecule has 4 nitrogen and oxygen atoms in total. The minimum Gasteiger partial charge on any atom is -0.365 e. The highest BCUT2D eigenvalue weighted by molar-refractivity contribution is 7.97. The highest BCUT2D eigenvalue weighted by atomic mass is 35.5. The SMILES string of the molecule is C[C@H]1Cc2cc(F)c(SN)cc2N1C(=O)[C@H]1CN(c2ccc(-c3ccccc3Cl)cc2)C1(C)C. The van der Waals surface area contributed by atoms with E-state index in [4.69, 9.17) is 16.7 Å². The monoisotopic (exact) mass is 495 g/mol. The van der Waals surface area contributed by atoms with Crippen molar-refractivity contribution in [2.24, 2.45) is 11.1 Å². The Morgan fingerprint density at radius 1 is 1.15 bits per heavy atom. The van der Waals surface area contributed by atoms with Gasteiger partial charge in [0.25, 0.3) is 0 Å². The summed E-state index contributed by atoms with van der Waals surface area (Å²) in [4.78, 5) is 18.2. The van der Waals surface area contributed by atoms with Gasteiger partial charge in [-0.3, -0.25) is 9.93 Å². The fraction of sp³-hybridized carbons (Fsp3) is 0.296. The molecule has 2 atom stereocenters. The molecule has 7 heteroatoms. The zero-order valence-corrected chi connectivity index (χ0v) is 21.0. The Kier molecular flexibility index (Phi) is 5.87. The predicted octanol–water partition coefficient (Wildman–Crippen LogP) is 6.30. The summed E-state index contributed by atoms with van der Waals surface area (Å²) in [6.45, 7) is 6.86. The Morgan fingerprint density at radius 3 is 2.50 bits per heavy atom. The molecule has 176 valence electrons. The first-order valence-corrected chi connectivity index (χ1v) is 12.6. The van der Waals surface area contributed by atoms with E-state index in [0.717, 1.165) is 45.0 Å². The van der Waals surface area contributed by atoms with Crippen LogP contribution >= 0.6 is 23.5 Å². The number of carbonyl (C=O) groups excluding carboxylic acids is 1. The number of benzene rings is 3. The third-order valence-corrected chi connectivity index (χ3v) is 8.19. The van der Waals surface area contributed by atoms with Gasteiger partial charge in [0.15, 0.2) is 0 Å². The second-order valence-electron chi connectivity index (χ2n) is 9.63. The van der Waals surface area contributed by atoms with E-state index in [2.05, 4.69) is 43.0 Å². The molecule has 1 saturated heterocycles. The molecule has 3 aromatic carbocycles. The number of hydrogen-bond acceptors (Lipinski definition) is 4. The Morgan fingerprint density at radius 2 is 1.85 bits per heavy atom. The van der Waals surface area contributed by atoms with E-state index in [1.807, 2.05) is 36.1 Å². The van der Waals surface area contributed by atoms with Gasteiger partial charge in [-0.05, 0) is 80.6 Å². The minimum atomic E-state index is -0.350. The maximum Gasteiger partial charge on any atom is 0.234 e. The summed E-state index contributed by atoms with van der Waals surface area (Å²) in [6, 6.07) is 19.3. The van der Waals surface area contributed by atoms with Crippen molar-refractivity contribution in [2.45, 2.75) is 43.7 Å². The summed E-state index contributed by atoms with van der Waals surface area (Å²) in [7, 11) is 0. The lowest BCUT2D eigenvalue weighted by atomic mass is 9.75. The average Bonchev–Trinajstić information content (AvgIpc) is 3.13. The lowest BCUT2D eigenvalue weighted by Gasteiger charge is -2.56. The highest BCUT2D eigenvalue weighted by Crippen LogP contribution is 2.45. The summed E-state index contributed by atoms with van der Waals surface area (Å²) >= 11 is 7.23. The summed E-state index contributed by atoms with van der Waals surface area (Å²) in [5.74, 6) is -0.411. The number of carbonyl (C=O) groups is 1. The molecule has 2 aliphatic rings. The number of hydrogen-bond donors (Lipinski definition) is 1. The van der Waals surface area contributed by atoms with Gasteiger partial charge in [-0.1, -0.05) is 41.9 Å². The van der Waals surface area contributed by atoms with Crippen molar-refractivity contribution >= 4 is 40.8 Å². The minimum absolute atomic E-state index is 0.0142. The molecule has 1 amide bonds. The maximum atomic E-state index is 14.2. The molecule has 0 unspecified atom stereocenters. The van der Waals surface area contributed by atoms with Gasteiger partial charge in [0.05, 0.1) is 10.8 Å². The summed E-state index contributed by atoms with van der Waals surface area (Å²) < 4.78 is 14.2. The number of rotatable bonds is 4. The second kappa shape index (κ2) is 8.59. The number of nitrogens with two attached hydrogens (primary N) is 1. The molecular weight excluding hydrogens is 469 g/mol. The topological polar surface area (TPSA) is 49.6 Å². The fourth-order valence-electron chi connectivity index (χ4n) is 5.26. The average molecular weight is 496 g/mol. The molecule has 2 N–H and O–H groups in total. The zero-order chi connectivity index (χ0) is 24.2. The molecule has 1 fully saturated rings. The third kappa shape index (κ3) is 3.69. The van der Waals surface area contributed by atoms with E-state index < -0.39 is 0 Å². The van der Waals surface area contributed by atoms with Gasteiger partial charge in [0, 0.05) is 40.1 Å². The van der Waals surface area contributed by atoms with Crippen molar-refractivity contribution in [3.63, 3.8) is 0 Å². The van der Waals surface area contributed by atoms with Crippen LogP contribution in [-0.2, 0) is 11.2 Å². The van der Waals surface area contributed by atoms with E-state index >= 15 is 0 Å². The molecule has 0 aliphatic carbocycles. The van der Waals surface area contributed by atoms with E-state index in [1.54, 1.807) is 6.07 Å². The van der Waals surface area contributed by atoms with Gasteiger partial charge in [0.1, 0.15) is 5.82 Å². The van der Waals surface area contributed by atoms with Crippen molar-refractivity contribution in [3.8, 4) is 11.1 Å². The van der Waals surface area contributed by atoms with Crippen LogP contribution in [0.25, 0.3) is 11.1 Å². The summed E-state index contributed by atoms with van der Waals surface area (Å²) in [5, 5.41) is 6.36. The Bertz CT molecular complexity index is 1260. The molecule has 2 heterocycles. The van der Waals surface area contributed by atoms with Crippen LogP contribution in [0.3, 0.4) is 0 Å². The highest BCUT2D eigenvalue weighted by Gasteiger charge is 2.53. The quantitative estimate of drug-likeness (QED) is 0.431. The lowest BCUT2D eigenvalue weighted by Crippen LogP contribution is -2.69. The van der Waals surface area contributed by atoms with Crippen LogP contribution in [0, 0.1) is 11.7 Å². The smallest absolute Gasteiger partial charge is 0.234 e. The second-order valence-corrected chi connectivity index (χ2v) is 10.7. The normalized spacial score (nSPS) is 20.8. The number of amides is 1. The molecule has 3 aromatic rings. The standard InChI is InChI=1S/C27H27ClFN3OS/c1-16-12-18-13-23(29)25(34-30)14-24(18)32(16)26(33)21-15-31(27(21,2)3)19-10-8-17(9-11-19)20-6-4-5-7-22(20)28/h4-11,13-14,16,21H,12,15,30H2,1-3H3/t16-,21+/m0/s1. The van der Waals surface area contributed by atoms with Gasteiger partial charge >= 0.3 is 0 Å². The van der Waals surface area contributed by atoms with Crippen LogP contribution in [0.15, 0.2) is 65.6 Å². The largest absolute Gasteiger partial charge is 0.365 e. The molecule has 2 aliphatic heterocycles. The van der Waals surface area contributed by atoms with Crippen LogP contribution in [0.5, 0.6) is 0 Å². The van der Waals surface area contributed by atoms with Crippen molar-refractivity contribution in [2.75, 3.05) is 16.3 Å². The van der Waals surface area contributed by atoms with E-state index in [9.17, 15) is 9.18 Å². The first kappa shape index (κ1) is 23.2. The number of halogens is 2. The van der Waals surface area contributed by atoms with Gasteiger partial charge < -0.3 is 9.80 Å². The van der Waals surface area contributed by atoms with Crippen LogP contribution in [0.4, 0.5) is 15.8 Å². The molecular formula is C27H27ClFN3OS. The maximum absolute atomic E-state index is 14.2. The lowest BCUT2D eigenvalue weighted by molar-refractivity contribution is -0.126. The van der Waals surface area contributed by atoms with E-state index in [0.29, 0.717) is 17.9 Å².